The summed E-state index contributed by atoms with van der Waals surface area (Å²) in [7, 11) is -3.84. The van der Waals surface area contributed by atoms with Crippen LogP contribution in [0.2, 0.25) is 0 Å². The van der Waals surface area contributed by atoms with Gasteiger partial charge in [0.1, 0.15) is 0 Å². The molecule has 0 saturated carbocycles. The van der Waals surface area contributed by atoms with E-state index >= 15 is 0 Å². The first kappa shape index (κ1) is 22.1. The summed E-state index contributed by atoms with van der Waals surface area (Å²) in [5, 5.41) is 0. The maximum atomic E-state index is 13.1. The molecule has 1 N–H and O–H groups in total. The van der Waals surface area contributed by atoms with Crippen LogP contribution in [0.5, 0.6) is 0 Å². The minimum Gasteiger partial charge on any atom is -0.379 e. The predicted molar refractivity (Wildman–Crippen MR) is 122 cm³/mol. The van der Waals surface area contributed by atoms with Crippen molar-refractivity contribution in [3.8, 4) is 0 Å². The van der Waals surface area contributed by atoms with Gasteiger partial charge < -0.3 is 4.74 Å². The zero-order valence-corrected chi connectivity index (χ0v) is 18.5. The van der Waals surface area contributed by atoms with Gasteiger partial charge in [-0.15, -0.1) is 0 Å². The first-order valence-electron chi connectivity index (χ1n) is 10.3. The molecule has 0 amide bonds. The molecule has 1 aliphatic carbocycles. The number of sulfonamides is 1. The Morgan fingerprint density at radius 2 is 1.72 bits per heavy atom. The van der Waals surface area contributed by atoms with Crippen LogP contribution in [-0.4, -0.2) is 51.2 Å². The van der Waals surface area contributed by atoms with Gasteiger partial charge in [0, 0.05) is 25.2 Å². The van der Waals surface area contributed by atoms with Crippen molar-refractivity contribution in [2.24, 2.45) is 0 Å². The third kappa shape index (κ3) is 5.04. The van der Waals surface area contributed by atoms with E-state index in [1.165, 1.54) is 18.2 Å². The van der Waals surface area contributed by atoms with Crippen LogP contribution in [0.4, 0.5) is 5.69 Å². The third-order valence-corrected chi connectivity index (χ3v) is 6.83. The van der Waals surface area contributed by atoms with Crippen molar-refractivity contribution in [3.05, 3.63) is 77.4 Å². The number of allylic oxidation sites excluding steroid dienone is 4. The number of benzene rings is 2. The quantitative estimate of drug-likeness (QED) is 0.678. The van der Waals surface area contributed by atoms with Crippen molar-refractivity contribution in [3.63, 3.8) is 0 Å². The fourth-order valence-electron chi connectivity index (χ4n) is 3.63. The SMILES string of the molecule is Cc1ccc(S(=O)(=O)Nc2cc(C3=CC(=O)C=CC3=O)ccc2CN2CCOCC2)cc1. The lowest BCUT2D eigenvalue weighted by atomic mass is 9.95. The molecule has 166 valence electrons. The highest BCUT2D eigenvalue weighted by molar-refractivity contribution is 7.92. The van der Waals surface area contributed by atoms with Crippen LogP contribution < -0.4 is 4.72 Å². The molecule has 4 rings (SSSR count). The van der Waals surface area contributed by atoms with Crippen LogP contribution in [0.15, 0.2) is 65.6 Å². The van der Waals surface area contributed by atoms with E-state index in [-0.39, 0.29) is 22.0 Å². The summed E-state index contributed by atoms with van der Waals surface area (Å²) in [4.78, 5) is 26.5. The van der Waals surface area contributed by atoms with Gasteiger partial charge in [0.25, 0.3) is 10.0 Å². The summed E-state index contributed by atoms with van der Waals surface area (Å²) in [6.45, 7) is 5.15. The topological polar surface area (TPSA) is 92.8 Å². The highest BCUT2D eigenvalue weighted by Crippen LogP contribution is 2.28. The zero-order chi connectivity index (χ0) is 22.7. The molecule has 0 aromatic heterocycles. The van der Waals surface area contributed by atoms with E-state index in [2.05, 4.69) is 9.62 Å². The average Bonchev–Trinajstić information content (AvgIpc) is 2.77. The number of nitrogens with zero attached hydrogens (tertiary/aromatic N) is 1. The lowest BCUT2D eigenvalue weighted by Crippen LogP contribution is -2.35. The van der Waals surface area contributed by atoms with Crippen LogP contribution in [0.1, 0.15) is 16.7 Å². The number of ether oxygens (including phenoxy) is 1. The molecule has 0 unspecified atom stereocenters. The molecule has 0 radical (unpaired) electrons. The molecule has 0 spiro atoms. The normalized spacial score (nSPS) is 17.3. The first-order valence-corrected chi connectivity index (χ1v) is 11.8. The lowest BCUT2D eigenvalue weighted by molar-refractivity contribution is -0.113. The van der Waals surface area contributed by atoms with Crippen LogP contribution in [0, 0.1) is 6.92 Å². The maximum Gasteiger partial charge on any atom is 0.261 e. The summed E-state index contributed by atoms with van der Waals surface area (Å²) in [6, 6.07) is 11.8. The van der Waals surface area contributed by atoms with Crippen molar-refractivity contribution in [2.45, 2.75) is 18.4 Å². The van der Waals surface area contributed by atoms with Crippen LogP contribution >= 0.6 is 0 Å². The van der Waals surface area contributed by atoms with Crippen molar-refractivity contribution in [1.29, 1.82) is 0 Å². The van der Waals surface area contributed by atoms with E-state index in [0.29, 0.717) is 31.0 Å². The molecule has 8 heteroatoms. The largest absolute Gasteiger partial charge is 0.379 e. The molecular weight excluding hydrogens is 428 g/mol. The first-order chi connectivity index (χ1) is 15.3. The summed E-state index contributed by atoms with van der Waals surface area (Å²) in [6.07, 6.45) is 3.73. The standard InChI is InChI=1S/C24H24N2O5S/c1-17-2-7-21(8-3-17)32(29,30)25-23-14-18(22-15-20(27)6-9-24(22)28)4-5-19(23)16-26-10-12-31-13-11-26/h2-9,14-15,25H,10-13,16H2,1H3. The van der Waals surface area contributed by atoms with Crippen molar-refractivity contribution in [2.75, 3.05) is 31.0 Å². The van der Waals surface area contributed by atoms with Gasteiger partial charge in [-0.2, -0.15) is 0 Å². The van der Waals surface area contributed by atoms with Gasteiger partial charge in [-0.1, -0.05) is 29.8 Å². The van der Waals surface area contributed by atoms with Gasteiger partial charge in [0.05, 0.1) is 23.8 Å². The third-order valence-electron chi connectivity index (χ3n) is 5.45. The molecule has 1 heterocycles. The molecule has 2 aliphatic rings. The smallest absolute Gasteiger partial charge is 0.261 e. The zero-order valence-electron chi connectivity index (χ0n) is 17.7. The Hall–Kier alpha value is -3.07. The van der Waals surface area contributed by atoms with Crippen molar-refractivity contribution in [1.82, 2.24) is 4.90 Å². The molecule has 32 heavy (non-hydrogen) atoms. The summed E-state index contributed by atoms with van der Waals surface area (Å²) in [5.74, 6) is -0.573. The minimum atomic E-state index is -3.84. The van der Waals surface area contributed by atoms with Crippen LogP contribution in [0.25, 0.3) is 5.57 Å². The number of anilines is 1. The number of ketones is 2. The van der Waals surface area contributed by atoms with Crippen molar-refractivity contribution < 1.29 is 22.7 Å². The van der Waals surface area contributed by atoms with Gasteiger partial charge in [-0.25, -0.2) is 8.42 Å². The molecule has 7 nitrogen and oxygen atoms in total. The Bertz CT molecular complexity index is 1210. The molecule has 0 bridgehead atoms. The Morgan fingerprint density at radius 3 is 2.44 bits per heavy atom. The van der Waals surface area contributed by atoms with E-state index < -0.39 is 10.0 Å². The summed E-state index contributed by atoms with van der Waals surface area (Å²) < 4.78 is 34.2. The Morgan fingerprint density at radius 1 is 1.00 bits per heavy atom. The highest BCUT2D eigenvalue weighted by atomic mass is 32.2. The molecule has 1 aliphatic heterocycles. The van der Waals surface area contributed by atoms with Gasteiger partial charge in [0.15, 0.2) is 11.6 Å². The predicted octanol–water partition coefficient (Wildman–Crippen LogP) is 2.72. The minimum absolute atomic E-state index is 0.150. The lowest BCUT2D eigenvalue weighted by Gasteiger charge is -2.27. The monoisotopic (exact) mass is 452 g/mol. The Kier molecular flexibility index (Phi) is 6.36. The van der Waals surface area contributed by atoms with E-state index in [1.807, 2.05) is 6.92 Å². The molecule has 2 aromatic rings. The Balaban J connectivity index is 1.71. The number of nitrogens with one attached hydrogen (secondary N) is 1. The maximum absolute atomic E-state index is 13.1. The van der Waals surface area contributed by atoms with E-state index in [9.17, 15) is 18.0 Å². The number of rotatable bonds is 6. The van der Waals surface area contributed by atoms with E-state index in [0.717, 1.165) is 24.2 Å². The number of carbonyl (C=O) groups excluding carboxylic acids is 2. The molecule has 1 fully saturated rings. The Labute approximate surface area is 187 Å². The molecule has 2 aromatic carbocycles. The second-order valence-electron chi connectivity index (χ2n) is 7.84. The molecular formula is C24H24N2O5S. The van der Waals surface area contributed by atoms with Crippen LogP contribution in [0.3, 0.4) is 0 Å². The van der Waals surface area contributed by atoms with Crippen molar-refractivity contribution >= 4 is 32.9 Å². The van der Waals surface area contributed by atoms with E-state index in [1.54, 1.807) is 42.5 Å². The number of morpholine rings is 1. The fraction of sp³-hybridized carbons (Fsp3) is 0.250. The molecule has 1 saturated heterocycles. The molecule has 0 atom stereocenters. The number of aryl methyl sites for hydroxylation is 1. The van der Waals surface area contributed by atoms with E-state index in [4.69, 9.17) is 4.74 Å². The number of hydrogen-bond donors (Lipinski definition) is 1. The van der Waals surface area contributed by atoms with Gasteiger partial charge in [-0.05, 0) is 54.5 Å². The fourth-order valence-corrected chi connectivity index (χ4v) is 4.72. The average molecular weight is 453 g/mol. The summed E-state index contributed by atoms with van der Waals surface area (Å²) in [5.41, 5.74) is 2.84. The van der Waals surface area contributed by atoms with Crippen LogP contribution in [-0.2, 0) is 30.9 Å². The van der Waals surface area contributed by atoms with Gasteiger partial charge in [0.2, 0.25) is 0 Å². The summed E-state index contributed by atoms with van der Waals surface area (Å²) >= 11 is 0. The van der Waals surface area contributed by atoms with Gasteiger partial charge >= 0.3 is 0 Å². The second-order valence-corrected chi connectivity index (χ2v) is 9.52. The number of carbonyl (C=O) groups is 2. The number of hydrogen-bond acceptors (Lipinski definition) is 6. The highest BCUT2D eigenvalue weighted by Gasteiger charge is 2.21. The van der Waals surface area contributed by atoms with Gasteiger partial charge in [-0.3, -0.25) is 19.2 Å². The second kappa shape index (κ2) is 9.20.